The average molecular weight is 287 g/mol. The van der Waals surface area contributed by atoms with Gasteiger partial charge in [0, 0.05) is 25.3 Å². The first-order chi connectivity index (χ1) is 10.3. The first kappa shape index (κ1) is 14.8. The first-order valence-electron chi connectivity index (χ1n) is 8.70. The lowest BCUT2D eigenvalue weighted by atomic mass is 9.82. The van der Waals surface area contributed by atoms with Gasteiger partial charge in [0.2, 0.25) is 0 Å². The van der Waals surface area contributed by atoms with Crippen LogP contribution in [0.5, 0.6) is 0 Å². The molecule has 1 N–H and O–H groups in total. The quantitative estimate of drug-likeness (QED) is 0.919. The minimum absolute atomic E-state index is 0.710. The number of pyridine rings is 1. The largest absolute Gasteiger partial charge is 0.357 e. The van der Waals surface area contributed by atoms with Gasteiger partial charge in [-0.05, 0) is 56.2 Å². The number of nitrogens with one attached hydrogen (secondary N) is 1. The van der Waals surface area contributed by atoms with Crippen LogP contribution in [0.4, 0.5) is 5.82 Å². The molecule has 2 atom stereocenters. The summed E-state index contributed by atoms with van der Waals surface area (Å²) in [7, 11) is 0. The van der Waals surface area contributed by atoms with Crippen molar-refractivity contribution in [2.75, 3.05) is 24.5 Å². The van der Waals surface area contributed by atoms with Crippen LogP contribution in [-0.2, 0) is 0 Å². The van der Waals surface area contributed by atoms with Gasteiger partial charge in [0.25, 0.3) is 0 Å². The standard InChI is InChI=1S/C18H29N3/c1-15-5-4-6-16(13-15)14-20-17-8-11-21(12-9-17)18-7-2-3-10-19-18/h2-3,7,10,15-17,20H,4-6,8-9,11-14H2,1H3. The molecule has 2 heterocycles. The molecule has 0 amide bonds. The predicted molar refractivity (Wildman–Crippen MR) is 88.6 cm³/mol. The van der Waals surface area contributed by atoms with Gasteiger partial charge < -0.3 is 10.2 Å². The molecule has 2 aliphatic rings. The molecule has 116 valence electrons. The van der Waals surface area contributed by atoms with Crippen molar-refractivity contribution in [2.45, 2.75) is 51.5 Å². The molecule has 1 aliphatic heterocycles. The van der Waals surface area contributed by atoms with Crippen molar-refractivity contribution in [2.24, 2.45) is 11.8 Å². The van der Waals surface area contributed by atoms with E-state index >= 15 is 0 Å². The maximum atomic E-state index is 4.46. The third kappa shape index (κ3) is 4.19. The minimum atomic E-state index is 0.710. The van der Waals surface area contributed by atoms with Crippen LogP contribution in [0.15, 0.2) is 24.4 Å². The van der Waals surface area contributed by atoms with Gasteiger partial charge in [-0.2, -0.15) is 0 Å². The predicted octanol–water partition coefficient (Wildman–Crippen LogP) is 3.47. The molecule has 1 aliphatic carbocycles. The Balaban J connectivity index is 1.40. The number of piperidine rings is 1. The van der Waals surface area contributed by atoms with E-state index in [1.165, 1.54) is 45.1 Å². The fourth-order valence-electron chi connectivity index (χ4n) is 3.93. The topological polar surface area (TPSA) is 28.2 Å². The minimum Gasteiger partial charge on any atom is -0.357 e. The maximum absolute atomic E-state index is 4.46. The number of hydrogen-bond acceptors (Lipinski definition) is 3. The van der Waals surface area contributed by atoms with Gasteiger partial charge in [-0.1, -0.05) is 25.8 Å². The highest BCUT2D eigenvalue weighted by Gasteiger charge is 2.22. The molecule has 21 heavy (non-hydrogen) atoms. The van der Waals surface area contributed by atoms with Gasteiger partial charge in [-0.15, -0.1) is 0 Å². The van der Waals surface area contributed by atoms with Crippen LogP contribution in [0.25, 0.3) is 0 Å². The number of nitrogens with zero attached hydrogens (tertiary/aromatic N) is 2. The molecule has 2 unspecified atom stereocenters. The Morgan fingerprint density at radius 3 is 2.76 bits per heavy atom. The van der Waals surface area contributed by atoms with E-state index in [2.05, 4.69) is 34.3 Å². The molecule has 0 spiro atoms. The highest BCUT2D eigenvalue weighted by molar-refractivity contribution is 5.38. The smallest absolute Gasteiger partial charge is 0.128 e. The monoisotopic (exact) mass is 287 g/mol. The second kappa shape index (κ2) is 7.26. The first-order valence-corrected chi connectivity index (χ1v) is 8.70. The van der Waals surface area contributed by atoms with Crippen molar-refractivity contribution in [3.8, 4) is 0 Å². The molecule has 0 aromatic carbocycles. The average Bonchev–Trinajstić information content (AvgIpc) is 2.54. The van der Waals surface area contributed by atoms with Gasteiger partial charge in [0.05, 0.1) is 0 Å². The second-order valence-corrected chi connectivity index (χ2v) is 7.00. The van der Waals surface area contributed by atoms with Gasteiger partial charge >= 0.3 is 0 Å². The molecule has 1 aromatic rings. The molecule has 3 rings (SSSR count). The van der Waals surface area contributed by atoms with Gasteiger partial charge in [-0.3, -0.25) is 0 Å². The molecule has 0 bridgehead atoms. The van der Waals surface area contributed by atoms with Crippen LogP contribution in [-0.4, -0.2) is 30.7 Å². The number of aromatic nitrogens is 1. The van der Waals surface area contributed by atoms with Gasteiger partial charge in [0.15, 0.2) is 0 Å². The third-order valence-corrected chi connectivity index (χ3v) is 5.21. The lowest BCUT2D eigenvalue weighted by molar-refractivity contribution is 0.260. The van der Waals surface area contributed by atoms with Crippen LogP contribution in [0.3, 0.4) is 0 Å². The Bertz CT molecular complexity index is 412. The zero-order valence-electron chi connectivity index (χ0n) is 13.3. The van der Waals surface area contributed by atoms with Crippen LogP contribution < -0.4 is 10.2 Å². The van der Waals surface area contributed by atoms with Crippen molar-refractivity contribution in [3.05, 3.63) is 24.4 Å². The van der Waals surface area contributed by atoms with Crippen LogP contribution >= 0.6 is 0 Å². The van der Waals surface area contributed by atoms with E-state index in [1.807, 2.05) is 12.3 Å². The van der Waals surface area contributed by atoms with Gasteiger partial charge in [-0.25, -0.2) is 4.98 Å². The fourth-order valence-corrected chi connectivity index (χ4v) is 3.93. The Hall–Kier alpha value is -1.09. The number of hydrogen-bond donors (Lipinski definition) is 1. The zero-order chi connectivity index (χ0) is 14.5. The van der Waals surface area contributed by atoms with Crippen molar-refractivity contribution in [1.82, 2.24) is 10.3 Å². The zero-order valence-corrected chi connectivity index (χ0v) is 13.3. The summed E-state index contributed by atoms with van der Waals surface area (Å²) in [5.74, 6) is 3.00. The summed E-state index contributed by atoms with van der Waals surface area (Å²) in [6.07, 6.45) is 10.1. The summed E-state index contributed by atoms with van der Waals surface area (Å²) in [6, 6.07) is 6.90. The number of rotatable bonds is 4. The molecule has 1 saturated carbocycles. The van der Waals surface area contributed by atoms with E-state index < -0.39 is 0 Å². The van der Waals surface area contributed by atoms with Crippen molar-refractivity contribution >= 4 is 5.82 Å². The van der Waals surface area contributed by atoms with Crippen LogP contribution in [0, 0.1) is 11.8 Å². The van der Waals surface area contributed by atoms with E-state index in [-0.39, 0.29) is 0 Å². The number of anilines is 1. The highest BCUT2D eigenvalue weighted by Crippen LogP contribution is 2.28. The second-order valence-electron chi connectivity index (χ2n) is 7.00. The highest BCUT2D eigenvalue weighted by atomic mass is 15.2. The molecule has 1 saturated heterocycles. The summed E-state index contributed by atoms with van der Waals surface area (Å²) >= 11 is 0. The molecular weight excluding hydrogens is 258 g/mol. The Kier molecular flexibility index (Phi) is 5.13. The molecular formula is C18H29N3. The van der Waals surface area contributed by atoms with E-state index in [0.29, 0.717) is 6.04 Å². The Labute approximate surface area is 129 Å². The normalized spacial score (nSPS) is 27.8. The van der Waals surface area contributed by atoms with E-state index in [9.17, 15) is 0 Å². The molecule has 3 heteroatoms. The molecule has 3 nitrogen and oxygen atoms in total. The Morgan fingerprint density at radius 1 is 1.19 bits per heavy atom. The third-order valence-electron chi connectivity index (χ3n) is 5.21. The van der Waals surface area contributed by atoms with E-state index in [4.69, 9.17) is 0 Å². The maximum Gasteiger partial charge on any atom is 0.128 e. The van der Waals surface area contributed by atoms with Gasteiger partial charge in [0.1, 0.15) is 5.82 Å². The van der Waals surface area contributed by atoms with Crippen molar-refractivity contribution in [1.29, 1.82) is 0 Å². The lowest BCUT2D eigenvalue weighted by Crippen LogP contribution is -2.44. The molecule has 1 aromatic heterocycles. The lowest BCUT2D eigenvalue weighted by Gasteiger charge is -2.35. The van der Waals surface area contributed by atoms with E-state index in [1.54, 1.807) is 0 Å². The summed E-state index contributed by atoms with van der Waals surface area (Å²) < 4.78 is 0. The van der Waals surface area contributed by atoms with Crippen molar-refractivity contribution < 1.29 is 0 Å². The van der Waals surface area contributed by atoms with Crippen LogP contribution in [0.2, 0.25) is 0 Å². The summed E-state index contributed by atoms with van der Waals surface area (Å²) in [6.45, 7) is 5.92. The fraction of sp³-hybridized carbons (Fsp3) is 0.722. The summed E-state index contributed by atoms with van der Waals surface area (Å²) in [5.41, 5.74) is 0. The summed E-state index contributed by atoms with van der Waals surface area (Å²) in [4.78, 5) is 6.88. The van der Waals surface area contributed by atoms with Crippen molar-refractivity contribution in [3.63, 3.8) is 0 Å². The Morgan fingerprint density at radius 2 is 2.05 bits per heavy atom. The summed E-state index contributed by atoms with van der Waals surface area (Å²) in [5, 5.41) is 3.84. The van der Waals surface area contributed by atoms with E-state index in [0.717, 1.165) is 30.7 Å². The molecule has 2 fully saturated rings. The molecule has 0 radical (unpaired) electrons. The van der Waals surface area contributed by atoms with Crippen LogP contribution in [0.1, 0.15) is 45.4 Å². The SMILES string of the molecule is CC1CCCC(CNC2CCN(c3ccccn3)CC2)C1.